The summed E-state index contributed by atoms with van der Waals surface area (Å²) < 4.78 is 5.31. The van der Waals surface area contributed by atoms with Crippen molar-refractivity contribution in [3.05, 3.63) is 29.8 Å². The fraction of sp³-hybridized carbons (Fsp3) is 0.600. The van der Waals surface area contributed by atoms with Gasteiger partial charge >= 0.3 is 0 Å². The molecule has 0 aliphatic carbocycles. The van der Waals surface area contributed by atoms with Crippen LogP contribution in [0.5, 0.6) is 5.75 Å². The quantitative estimate of drug-likeness (QED) is 0.837. The lowest BCUT2D eigenvalue weighted by molar-refractivity contribution is 0.103. The van der Waals surface area contributed by atoms with Gasteiger partial charge in [-0.25, -0.2) is 0 Å². The van der Waals surface area contributed by atoms with Crippen molar-refractivity contribution in [3.63, 3.8) is 0 Å². The molecule has 1 heterocycles. The van der Waals surface area contributed by atoms with Crippen LogP contribution in [0.2, 0.25) is 0 Å². The maximum atomic E-state index is 5.31. The van der Waals surface area contributed by atoms with Gasteiger partial charge in [-0.05, 0) is 37.6 Å². The lowest BCUT2D eigenvalue weighted by Gasteiger charge is -2.42. The molecule has 0 amide bonds. The third kappa shape index (κ3) is 2.85. The van der Waals surface area contributed by atoms with Gasteiger partial charge in [0.1, 0.15) is 5.75 Å². The molecular formula is C15H24N2O. The van der Waals surface area contributed by atoms with E-state index in [1.165, 1.54) is 12.0 Å². The number of hydrogen-bond acceptors (Lipinski definition) is 3. The van der Waals surface area contributed by atoms with E-state index in [0.717, 1.165) is 25.4 Å². The molecule has 0 spiro atoms. The number of hydrogen-bond donors (Lipinski definition) is 1. The molecule has 3 nitrogen and oxygen atoms in total. The van der Waals surface area contributed by atoms with E-state index in [2.05, 4.69) is 42.3 Å². The average molecular weight is 248 g/mol. The maximum absolute atomic E-state index is 5.31. The number of ether oxygens (including phenoxy) is 1. The molecule has 1 aliphatic heterocycles. The molecular weight excluding hydrogens is 224 g/mol. The molecule has 0 radical (unpaired) electrons. The molecule has 1 N–H and O–H groups in total. The van der Waals surface area contributed by atoms with Crippen molar-refractivity contribution >= 4 is 0 Å². The van der Waals surface area contributed by atoms with Crippen molar-refractivity contribution < 1.29 is 4.74 Å². The number of nitrogens with zero attached hydrogens (tertiary/aromatic N) is 1. The fourth-order valence-corrected chi connectivity index (χ4v) is 2.55. The highest BCUT2D eigenvalue weighted by Gasteiger charge is 2.28. The predicted molar refractivity (Wildman–Crippen MR) is 75.1 cm³/mol. The van der Waals surface area contributed by atoms with Crippen molar-refractivity contribution in [1.29, 1.82) is 0 Å². The Balaban J connectivity index is 2.12. The maximum Gasteiger partial charge on any atom is 0.119 e. The standard InChI is InChI=1S/C15H24N2O/c1-4-8-17(14-10-16-11-14)12(2)13-6-5-7-15(9-13)18-3/h5-7,9,12,14,16H,4,8,10-11H2,1-3H3. The van der Waals surface area contributed by atoms with Crippen LogP contribution < -0.4 is 10.1 Å². The van der Waals surface area contributed by atoms with Crippen molar-refractivity contribution in [3.8, 4) is 5.75 Å². The Labute approximate surface area is 110 Å². The van der Waals surface area contributed by atoms with Crippen LogP contribution in [0.1, 0.15) is 31.9 Å². The molecule has 0 bridgehead atoms. The smallest absolute Gasteiger partial charge is 0.119 e. The predicted octanol–water partition coefficient (Wildman–Crippen LogP) is 2.44. The van der Waals surface area contributed by atoms with Gasteiger partial charge in [0.2, 0.25) is 0 Å². The van der Waals surface area contributed by atoms with Gasteiger partial charge in [0.05, 0.1) is 7.11 Å². The molecule has 100 valence electrons. The first kappa shape index (κ1) is 13.4. The molecule has 3 heteroatoms. The van der Waals surface area contributed by atoms with E-state index in [1.54, 1.807) is 7.11 Å². The van der Waals surface area contributed by atoms with Gasteiger partial charge in [-0.15, -0.1) is 0 Å². The van der Waals surface area contributed by atoms with Crippen LogP contribution >= 0.6 is 0 Å². The van der Waals surface area contributed by atoms with Crippen molar-refractivity contribution in [2.45, 2.75) is 32.4 Å². The average Bonchev–Trinajstić information content (AvgIpc) is 2.35. The van der Waals surface area contributed by atoms with E-state index in [-0.39, 0.29) is 0 Å². The Morgan fingerprint density at radius 1 is 1.44 bits per heavy atom. The normalized spacial score (nSPS) is 17.6. The monoisotopic (exact) mass is 248 g/mol. The molecule has 2 rings (SSSR count). The summed E-state index contributed by atoms with van der Waals surface area (Å²) in [5, 5.41) is 3.36. The highest BCUT2D eigenvalue weighted by Crippen LogP contribution is 2.26. The van der Waals surface area contributed by atoms with Gasteiger partial charge in [0.25, 0.3) is 0 Å². The zero-order valence-corrected chi connectivity index (χ0v) is 11.6. The van der Waals surface area contributed by atoms with Crippen LogP contribution in [-0.2, 0) is 0 Å². The fourth-order valence-electron chi connectivity index (χ4n) is 2.55. The molecule has 1 saturated heterocycles. The summed E-state index contributed by atoms with van der Waals surface area (Å²) in [6.45, 7) is 7.94. The van der Waals surface area contributed by atoms with Crippen LogP contribution in [0.3, 0.4) is 0 Å². The molecule has 1 aromatic carbocycles. The molecule has 0 aromatic heterocycles. The van der Waals surface area contributed by atoms with Crippen LogP contribution in [0.15, 0.2) is 24.3 Å². The number of benzene rings is 1. The first-order valence-electron chi connectivity index (χ1n) is 6.86. The summed E-state index contributed by atoms with van der Waals surface area (Å²) in [4.78, 5) is 2.60. The van der Waals surface area contributed by atoms with Gasteiger partial charge in [-0.3, -0.25) is 4.90 Å². The van der Waals surface area contributed by atoms with E-state index < -0.39 is 0 Å². The number of nitrogens with one attached hydrogen (secondary N) is 1. The summed E-state index contributed by atoms with van der Waals surface area (Å²) in [5.74, 6) is 0.947. The molecule has 1 aromatic rings. The first-order chi connectivity index (χ1) is 8.76. The molecule has 1 atom stereocenters. The number of rotatable bonds is 6. The van der Waals surface area contributed by atoms with Crippen LogP contribution in [0.4, 0.5) is 0 Å². The van der Waals surface area contributed by atoms with Crippen LogP contribution in [0, 0.1) is 0 Å². The van der Waals surface area contributed by atoms with Crippen molar-refractivity contribution in [2.75, 3.05) is 26.7 Å². The summed E-state index contributed by atoms with van der Waals surface area (Å²) in [5.41, 5.74) is 1.34. The SMILES string of the molecule is CCCN(C1CNC1)C(C)c1cccc(OC)c1. The van der Waals surface area contributed by atoms with E-state index >= 15 is 0 Å². The minimum absolute atomic E-state index is 0.451. The minimum Gasteiger partial charge on any atom is -0.497 e. The second kappa shape index (κ2) is 6.21. The highest BCUT2D eigenvalue weighted by atomic mass is 16.5. The van der Waals surface area contributed by atoms with Crippen LogP contribution in [-0.4, -0.2) is 37.7 Å². The Morgan fingerprint density at radius 3 is 2.78 bits per heavy atom. The first-order valence-corrected chi connectivity index (χ1v) is 6.86. The molecule has 0 saturated carbocycles. The van der Waals surface area contributed by atoms with E-state index in [4.69, 9.17) is 4.74 Å². The van der Waals surface area contributed by atoms with Gasteiger partial charge in [0.15, 0.2) is 0 Å². The Morgan fingerprint density at radius 2 is 2.22 bits per heavy atom. The Kier molecular flexibility index (Phi) is 4.61. The molecule has 1 fully saturated rings. The minimum atomic E-state index is 0.451. The zero-order chi connectivity index (χ0) is 13.0. The van der Waals surface area contributed by atoms with Crippen LogP contribution in [0.25, 0.3) is 0 Å². The lowest BCUT2D eigenvalue weighted by Crippen LogP contribution is -2.57. The van der Waals surface area contributed by atoms with Gasteiger partial charge in [-0.2, -0.15) is 0 Å². The molecule has 18 heavy (non-hydrogen) atoms. The zero-order valence-electron chi connectivity index (χ0n) is 11.6. The molecule has 1 aliphatic rings. The Hall–Kier alpha value is -1.06. The van der Waals surface area contributed by atoms with Gasteiger partial charge in [-0.1, -0.05) is 19.1 Å². The van der Waals surface area contributed by atoms with Gasteiger partial charge < -0.3 is 10.1 Å². The number of methoxy groups -OCH3 is 1. The summed E-state index contributed by atoms with van der Waals surface area (Å²) in [7, 11) is 1.73. The third-order valence-electron chi connectivity index (χ3n) is 3.78. The van der Waals surface area contributed by atoms with Crippen molar-refractivity contribution in [1.82, 2.24) is 10.2 Å². The summed E-state index contributed by atoms with van der Waals surface area (Å²) >= 11 is 0. The van der Waals surface area contributed by atoms with E-state index in [0.29, 0.717) is 12.1 Å². The largest absolute Gasteiger partial charge is 0.497 e. The lowest BCUT2D eigenvalue weighted by atomic mass is 10.0. The second-order valence-corrected chi connectivity index (χ2v) is 5.00. The third-order valence-corrected chi connectivity index (χ3v) is 3.78. The topological polar surface area (TPSA) is 24.5 Å². The van der Waals surface area contributed by atoms with Gasteiger partial charge in [0, 0.05) is 25.2 Å². The Bertz CT molecular complexity index is 377. The summed E-state index contributed by atoms with van der Waals surface area (Å²) in [6.07, 6.45) is 1.20. The van der Waals surface area contributed by atoms with Crippen molar-refractivity contribution in [2.24, 2.45) is 0 Å². The second-order valence-electron chi connectivity index (χ2n) is 5.00. The van der Waals surface area contributed by atoms with E-state index in [9.17, 15) is 0 Å². The molecule has 1 unspecified atom stereocenters. The highest BCUT2D eigenvalue weighted by molar-refractivity contribution is 5.30. The van der Waals surface area contributed by atoms with E-state index in [1.807, 2.05) is 6.07 Å². The summed E-state index contributed by atoms with van der Waals surface area (Å²) in [6, 6.07) is 9.57.